The second-order valence-corrected chi connectivity index (χ2v) is 5.49. The molecule has 0 saturated carbocycles. The number of hydrogen-bond donors (Lipinski definition) is 1. The van der Waals surface area contributed by atoms with Crippen LogP contribution >= 0.6 is 15.9 Å². The van der Waals surface area contributed by atoms with Crippen LogP contribution in [0.4, 0.5) is 15.8 Å². The van der Waals surface area contributed by atoms with E-state index in [0.29, 0.717) is 6.54 Å². The molecule has 1 rings (SSSR count). The number of anilines is 1. The molecular formula is C12H15BrFN3O4. The minimum Gasteiger partial charge on any atom is -0.480 e. The van der Waals surface area contributed by atoms with Crippen molar-refractivity contribution in [3.8, 4) is 0 Å². The Labute approximate surface area is 129 Å². The maximum absolute atomic E-state index is 13.5. The quantitative estimate of drug-likeness (QED) is 0.588. The first-order chi connectivity index (χ1) is 9.72. The van der Waals surface area contributed by atoms with Crippen LogP contribution in [0.25, 0.3) is 0 Å². The van der Waals surface area contributed by atoms with Crippen LogP contribution in [0.3, 0.4) is 0 Å². The first kappa shape index (κ1) is 17.3. The molecule has 9 heteroatoms. The Bertz CT molecular complexity index is 554. The molecule has 0 atom stereocenters. The number of benzene rings is 1. The van der Waals surface area contributed by atoms with Crippen LogP contribution in [0.1, 0.15) is 0 Å². The highest BCUT2D eigenvalue weighted by molar-refractivity contribution is 9.10. The Hall–Kier alpha value is -1.74. The number of nitro groups is 1. The van der Waals surface area contributed by atoms with E-state index < -0.39 is 28.9 Å². The van der Waals surface area contributed by atoms with E-state index >= 15 is 0 Å². The lowest BCUT2D eigenvalue weighted by atomic mass is 10.2. The molecule has 0 heterocycles. The molecule has 0 unspecified atom stereocenters. The van der Waals surface area contributed by atoms with E-state index in [0.717, 1.165) is 6.07 Å². The van der Waals surface area contributed by atoms with E-state index in [1.807, 2.05) is 4.90 Å². The molecule has 0 bridgehead atoms. The van der Waals surface area contributed by atoms with Crippen molar-refractivity contribution < 1.29 is 19.2 Å². The van der Waals surface area contributed by atoms with Gasteiger partial charge in [-0.2, -0.15) is 0 Å². The summed E-state index contributed by atoms with van der Waals surface area (Å²) in [5.74, 6) is -1.89. The molecule has 0 radical (unpaired) electrons. The summed E-state index contributed by atoms with van der Waals surface area (Å²) < 4.78 is 13.5. The normalized spacial score (nSPS) is 10.7. The topological polar surface area (TPSA) is 86.9 Å². The maximum Gasteiger partial charge on any atom is 0.323 e. The van der Waals surface area contributed by atoms with Gasteiger partial charge in [0.15, 0.2) is 0 Å². The Morgan fingerprint density at radius 3 is 2.52 bits per heavy atom. The molecule has 0 amide bonds. The van der Waals surface area contributed by atoms with Crippen LogP contribution in [0.5, 0.6) is 0 Å². The Morgan fingerprint density at radius 1 is 1.43 bits per heavy atom. The molecule has 7 nitrogen and oxygen atoms in total. The third-order valence-electron chi connectivity index (χ3n) is 2.70. The number of rotatable bonds is 7. The smallest absolute Gasteiger partial charge is 0.323 e. The van der Waals surface area contributed by atoms with Gasteiger partial charge in [-0.15, -0.1) is 0 Å². The molecule has 0 aliphatic carbocycles. The molecule has 0 aliphatic heterocycles. The lowest BCUT2D eigenvalue weighted by molar-refractivity contribution is -0.384. The number of carboxylic acid groups (broad SMARTS) is 1. The van der Waals surface area contributed by atoms with Crippen molar-refractivity contribution in [2.75, 3.05) is 38.6 Å². The first-order valence-electron chi connectivity index (χ1n) is 5.97. The molecule has 0 fully saturated rings. The van der Waals surface area contributed by atoms with Gasteiger partial charge in [-0.25, -0.2) is 4.39 Å². The molecule has 1 N–H and O–H groups in total. The Balaban J connectivity index is 3.24. The van der Waals surface area contributed by atoms with Crippen molar-refractivity contribution >= 4 is 33.3 Å². The lowest BCUT2D eigenvalue weighted by Gasteiger charge is -2.24. The number of nitrogens with zero attached hydrogens (tertiary/aromatic N) is 3. The summed E-state index contributed by atoms with van der Waals surface area (Å²) in [6, 6.07) is 2.01. The van der Waals surface area contributed by atoms with E-state index in [9.17, 15) is 19.3 Å². The molecule has 0 spiro atoms. The van der Waals surface area contributed by atoms with Gasteiger partial charge < -0.3 is 14.9 Å². The summed E-state index contributed by atoms with van der Waals surface area (Å²) in [7, 11) is 3.60. The second-order valence-electron chi connectivity index (χ2n) is 4.63. The monoisotopic (exact) mass is 363 g/mol. The van der Waals surface area contributed by atoms with Crippen LogP contribution in [0.15, 0.2) is 16.6 Å². The van der Waals surface area contributed by atoms with Crippen LogP contribution in [-0.2, 0) is 4.79 Å². The molecular weight excluding hydrogens is 349 g/mol. The number of nitro benzene ring substituents is 1. The summed E-state index contributed by atoms with van der Waals surface area (Å²) in [5, 5.41) is 20.0. The van der Waals surface area contributed by atoms with E-state index in [4.69, 9.17) is 5.11 Å². The second kappa shape index (κ2) is 7.32. The SMILES string of the molecule is CN(C)CCN(CC(=O)O)c1cc(Br)c(F)cc1[N+](=O)[O-]. The minimum atomic E-state index is -1.12. The highest BCUT2D eigenvalue weighted by atomic mass is 79.9. The minimum absolute atomic E-state index is 0.0448. The highest BCUT2D eigenvalue weighted by Crippen LogP contribution is 2.33. The zero-order valence-electron chi connectivity index (χ0n) is 11.5. The van der Waals surface area contributed by atoms with Crippen molar-refractivity contribution in [2.24, 2.45) is 0 Å². The summed E-state index contributed by atoms with van der Waals surface area (Å²) in [6.45, 7) is 0.352. The summed E-state index contributed by atoms with van der Waals surface area (Å²) in [5.41, 5.74) is -0.395. The van der Waals surface area contributed by atoms with Crippen LogP contribution in [0.2, 0.25) is 0 Å². The van der Waals surface area contributed by atoms with Crippen molar-refractivity contribution in [1.29, 1.82) is 0 Å². The number of likely N-dealkylation sites (N-methyl/N-ethyl adjacent to an activating group) is 1. The average Bonchev–Trinajstić information content (AvgIpc) is 2.36. The molecule has 0 aliphatic rings. The van der Waals surface area contributed by atoms with Crippen LogP contribution in [-0.4, -0.2) is 54.6 Å². The number of aliphatic carboxylic acids is 1. The van der Waals surface area contributed by atoms with Crippen LogP contribution < -0.4 is 4.90 Å². The molecule has 21 heavy (non-hydrogen) atoms. The van der Waals surface area contributed by atoms with Crippen LogP contribution in [0, 0.1) is 15.9 Å². The van der Waals surface area contributed by atoms with Crippen molar-refractivity contribution in [3.63, 3.8) is 0 Å². The maximum atomic E-state index is 13.5. The number of hydrogen-bond acceptors (Lipinski definition) is 5. The van der Waals surface area contributed by atoms with E-state index in [1.54, 1.807) is 14.1 Å². The predicted molar refractivity (Wildman–Crippen MR) is 79.2 cm³/mol. The molecule has 0 saturated heterocycles. The fraction of sp³-hybridized carbons (Fsp3) is 0.417. The first-order valence-corrected chi connectivity index (χ1v) is 6.76. The van der Waals surface area contributed by atoms with Gasteiger partial charge in [-0.1, -0.05) is 0 Å². The standard InChI is InChI=1S/C12H15BrFN3O4/c1-15(2)3-4-16(7-12(18)19)10-5-8(13)9(14)6-11(10)17(20)21/h5-6H,3-4,7H2,1-2H3,(H,18,19). The van der Waals surface area contributed by atoms with Gasteiger partial charge in [-0.3, -0.25) is 14.9 Å². The fourth-order valence-corrected chi connectivity index (χ4v) is 2.03. The van der Waals surface area contributed by atoms with E-state index in [2.05, 4.69) is 15.9 Å². The Morgan fingerprint density at radius 2 is 2.05 bits per heavy atom. The molecule has 116 valence electrons. The molecule has 1 aromatic rings. The van der Waals surface area contributed by atoms with E-state index in [-0.39, 0.29) is 16.7 Å². The summed E-state index contributed by atoms with van der Waals surface area (Å²) in [4.78, 5) is 24.4. The Kier molecular flexibility index (Phi) is 6.03. The number of carboxylic acids is 1. The van der Waals surface area contributed by atoms with E-state index in [1.165, 1.54) is 11.0 Å². The molecule has 0 aromatic heterocycles. The van der Waals surface area contributed by atoms with Gasteiger partial charge in [0.1, 0.15) is 18.0 Å². The van der Waals surface area contributed by atoms with Crippen molar-refractivity contribution in [2.45, 2.75) is 0 Å². The highest BCUT2D eigenvalue weighted by Gasteiger charge is 2.23. The average molecular weight is 364 g/mol. The zero-order chi connectivity index (χ0) is 16.2. The van der Waals surface area contributed by atoms with Gasteiger partial charge in [0.25, 0.3) is 5.69 Å². The molecule has 1 aromatic carbocycles. The third kappa shape index (κ3) is 4.94. The number of carbonyl (C=O) groups is 1. The summed E-state index contributed by atoms with van der Waals surface area (Å²) >= 11 is 2.96. The fourth-order valence-electron chi connectivity index (χ4n) is 1.69. The van der Waals surface area contributed by atoms with Gasteiger partial charge >= 0.3 is 5.97 Å². The third-order valence-corrected chi connectivity index (χ3v) is 3.31. The number of halogens is 2. The lowest BCUT2D eigenvalue weighted by Crippen LogP contribution is -2.36. The van der Waals surface area contributed by atoms with Gasteiger partial charge in [0, 0.05) is 13.1 Å². The largest absolute Gasteiger partial charge is 0.480 e. The zero-order valence-corrected chi connectivity index (χ0v) is 13.1. The van der Waals surface area contributed by atoms with Gasteiger partial charge in [0.2, 0.25) is 0 Å². The van der Waals surface area contributed by atoms with Gasteiger partial charge in [0.05, 0.1) is 15.5 Å². The predicted octanol–water partition coefficient (Wildman–Crippen LogP) is 1.95. The van der Waals surface area contributed by atoms with Crippen molar-refractivity contribution in [1.82, 2.24) is 4.90 Å². The van der Waals surface area contributed by atoms with Gasteiger partial charge in [-0.05, 0) is 36.1 Å². The summed E-state index contributed by atoms with van der Waals surface area (Å²) in [6.07, 6.45) is 0. The van der Waals surface area contributed by atoms with Crippen molar-refractivity contribution in [3.05, 3.63) is 32.5 Å².